The van der Waals surface area contributed by atoms with E-state index in [0.717, 1.165) is 0 Å². The molecule has 0 aliphatic heterocycles. The lowest BCUT2D eigenvalue weighted by atomic mass is 10.0. The van der Waals surface area contributed by atoms with Gasteiger partial charge in [0.2, 0.25) is 0 Å². The van der Waals surface area contributed by atoms with E-state index in [4.69, 9.17) is 23.7 Å². The van der Waals surface area contributed by atoms with Crippen molar-refractivity contribution >= 4 is 11.9 Å². The summed E-state index contributed by atoms with van der Waals surface area (Å²) in [6, 6.07) is 10.8. The largest absolute Gasteiger partial charge is 0.490 e. The van der Waals surface area contributed by atoms with Crippen molar-refractivity contribution in [2.24, 2.45) is 0 Å². The minimum atomic E-state index is -0.596. The Morgan fingerprint density at radius 1 is 0.844 bits per heavy atom. The van der Waals surface area contributed by atoms with Crippen LogP contribution >= 0.6 is 0 Å². The molecule has 2 rings (SSSR count). The second-order valence-corrected chi connectivity index (χ2v) is 6.61. The SMILES string of the molecule is C=C(COC)C(=O)OCCOc1ccc(-c2ccc(OC(=O)C(=C)COC)cc2)c(F)c1. The van der Waals surface area contributed by atoms with Gasteiger partial charge < -0.3 is 23.7 Å². The standard InChI is InChI=1S/C24H25FO7/c1-16(14-28-3)23(26)31-12-11-30-20-9-10-21(22(25)13-20)18-5-7-19(8-6-18)32-24(27)17(2)15-29-4/h5-10,13H,1-2,11-12,14-15H2,3-4H3. The number of carbonyl (C=O) groups excluding carboxylic acids is 2. The van der Waals surface area contributed by atoms with Gasteiger partial charge in [0.15, 0.2) is 0 Å². The highest BCUT2D eigenvalue weighted by Gasteiger charge is 2.12. The highest BCUT2D eigenvalue weighted by Crippen LogP contribution is 2.28. The Hall–Kier alpha value is -3.49. The van der Waals surface area contributed by atoms with Crippen LogP contribution in [0.4, 0.5) is 4.39 Å². The molecule has 0 bridgehead atoms. The first-order chi connectivity index (χ1) is 15.3. The zero-order chi connectivity index (χ0) is 23.5. The van der Waals surface area contributed by atoms with Gasteiger partial charge in [0.1, 0.15) is 30.5 Å². The quantitative estimate of drug-likeness (QED) is 0.214. The van der Waals surface area contributed by atoms with Crippen LogP contribution < -0.4 is 9.47 Å². The van der Waals surface area contributed by atoms with Crippen LogP contribution in [-0.4, -0.2) is 52.6 Å². The molecule has 0 atom stereocenters. The van der Waals surface area contributed by atoms with Crippen molar-refractivity contribution in [3.8, 4) is 22.6 Å². The van der Waals surface area contributed by atoms with Gasteiger partial charge in [-0.3, -0.25) is 0 Å². The van der Waals surface area contributed by atoms with Gasteiger partial charge in [0, 0.05) is 25.8 Å². The van der Waals surface area contributed by atoms with Crippen molar-refractivity contribution in [2.45, 2.75) is 0 Å². The lowest BCUT2D eigenvalue weighted by Crippen LogP contribution is -2.15. The summed E-state index contributed by atoms with van der Waals surface area (Å²) >= 11 is 0. The third-order valence-electron chi connectivity index (χ3n) is 4.12. The number of esters is 2. The Kier molecular flexibility index (Phi) is 9.59. The summed E-state index contributed by atoms with van der Waals surface area (Å²) in [4.78, 5) is 23.4. The molecule has 0 aliphatic carbocycles. The first-order valence-electron chi connectivity index (χ1n) is 9.61. The molecule has 2 aromatic rings. The minimum absolute atomic E-state index is 0.0120. The molecule has 0 saturated carbocycles. The molecule has 0 aliphatic rings. The number of benzene rings is 2. The minimum Gasteiger partial charge on any atom is -0.490 e. The number of methoxy groups -OCH3 is 2. The number of hydrogen-bond acceptors (Lipinski definition) is 7. The summed E-state index contributed by atoms with van der Waals surface area (Å²) in [5.74, 6) is -1.07. The molecule has 0 spiro atoms. The van der Waals surface area contributed by atoms with E-state index in [-0.39, 0.29) is 37.6 Å². The Balaban J connectivity index is 1.91. The van der Waals surface area contributed by atoms with Crippen molar-refractivity contribution in [3.05, 3.63) is 72.6 Å². The maximum atomic E-state index is 14.6. The van der Waals surface area contributed by atoms with Crippen molar-refractivity contribution < 1.29 is 37.7 Å². The topological polar surface area (TPSA) is 80.3 Å². The van der Waals surface area contributed by atoms with Gasteiger partial charge >= 0.3 is 11.9 Å². The molecule has 0 unspecified atom stereocenters. The third-order valence-corrected chi connectivity index (χ3v) is 4.12. The van der Waals surface area contributed by atoms with Crippen LogP contribution in [0.3, 0.4) is 0 Å². The summed E-state index contributed by atoms with van der Waals surface area (Å²) < 4.78 is 39.8. The highest BCUT2D eigenvalue weighted by molar-refractivity contribution is 5.89. The highest BCUT2D eigenvalue weighted by atomic mass is 19.1. The maximum Gasteiger partial charge on any atom is 0.341 e. The van der Waals surface area contributed by atoms with Crippen LogP contribution in [-0.2, 0) is 23.8 Å². The summed E-state index contributed by atoms with van der Waals surface area (Å²) in [5.41, 5.74) is 1.33. The number of hydrogen-bond donors (Lipinski definition) is 0. The molecular weight excluding hydrogens is 419 g/mol. The monoisotopic (exact) mass is 444 g/mol. The van der Waals surface area contributed by atoms with Crippen LogP contribution in [0.15, 0.2) is 66.8 Å². The van der Waals surface area contributed by atoms with E-state index in [2.05, 4.69) is 13.2 Å². The Morgan fingerprint density at radius 2 is 1.44 bits per heavy atom. The van der Waals surface area contributed by atoms with E-state index < -0.39 is 17.8 Å². The molecule has 0 fully saturated rings. The van der Waals surface area contributed by atoms with E-state index in [1.807, 2.05) is 0 Å². The van der Waals surface area contributed by atoms with Crippen LogP contribution in [0, 0.1) is 5.82 Å². The Bertz CT molecular complexity index is 967. The first-order valence-corrected chi connectivity index (χ1v) is 9.61. The molecule has 32 heavy (non-hydrogen) atoms. The average Bonchev–Trinajstić information content (AvgIpc) is 2.77. The average molecular weight is 444 g/mol. The van der Waals surface area contributed by atoms with Gasteiger partial charge in [-0.1, -0.05) is 25.3 Å². The fourth-order valence-corrected chi connectivity index (χ4v) is 2.56. The van der Waals surface area contributed by atoms with E-state index in [0.29, 0.717) is 22.6 Å². The molecule has 0 saturated heterocycles. The first kappa shape index (κ1) is 24.8. The fraction of sp³-hybridized carbons (Fsp3) is 0.250. The van der Waals surface area contributed by atoms with Crippen LogP contribution in [0.5, 0.6) is 11.5 Å². The van der Waals surface area contributed by atoms with Gasteiger partial charge in [-0.25, -0.2) is 14.0 Å². The number of rotatable bonds is 12. The van der Waals surface area contributed by atoms with Crippen LogP contribution in [0.2, 0.25) is 0 Å². The summed E-state index contributed by atoms with van der Waals surface area (Å²) in [6.07, 6.45) is 0. The maximum absolute atomic E-state index is 14.6. The third kappa shape index (κ3) is 7.33. The lowest BCUT2D eigenvalue weighted by Gasteiger charge is -2.10. The summed E-state index contributed by atoms with van der Waals surface area (Å²) in [6.45, 7) is 7.32. The number of ether oxygens (including phenoxy) is 5. The summed E-state index contributed by atoms with van der Waals surface area (Å²) in [7, 11) is 2.90. The Morgan fingerprint density at radius 3 is 2.03 bits per heavy atom. The van der Waals surface area contributed by atoms with E-state index in [1.165, 1.54) is 20.3 Å². The van der Waals surface area contributed by atoms with Crippen LogP contribution in [0.1, 0.15) is 0 Å². The fourth-order valence-electron chi connectivity index (χ4n) is 2.56. The molecule has 0 heterocycles. The molecule has 2 aromatic carbocycles. The second kappa shape index (κ2) is 12.4. The Labute approximate surface area is 186 Å². The van der Waals surface area contributed by atoms with Gasteiger partial charge in [-0.05, 0) is 29.8 Å². The zero-order valence-electron chi connectivity index (χ0n) is 18.0. The van der Waals surface area contributed by atoms with E-state index in [9.17, 15) is 14.0 Å². The molecule has 0 N–H and O–H groups in total. The van der Waals surface area contributed by atoms with Gasteiger partial charge in [-0.2, -0.15) is 0 Å². The van der Waals surface area contributed by atoms with E-state index >= 15 is 0 Å². The molecular formula is C24H25FO7. The molecule has 0 amide bonds. The molecule has 0 radical (unpaired) electrons. The van der Waals surface area contributed by atoms with Crippen LogP contribution in [0.25, 0.3) is 11.1 Å². The van der Waals surface area contributed by atoms with Gasteiger partial charge in [0.25, 0.3) is 0 Å². The molecule has 0 aromatic heterocycles. The lowest BCUT2D eigenvalue weighted by molar-refractivity contribution is -0.140. The normalized spacial score (nSPS) is 10.3. The summed E-state index contributed by atoms with van der Waals surface area (Å²) in [5, 5.41) is 0. The second-order valence-electron chi connectivity index (χ2n) is 6.61. The smallest absolute Gasteiger partial charge is 0.341 e. The van der Waals surface area contributed by atoms with Gasteiger partial charge in [-0.15, -0.1) is 0 Å². The number of halogens is 1. The molecule has 7 nitrogen and oxygen atoms in total. The van der Waals surface area contributed by atoms with Crippen molar-refractivity contribution in [1.29, 1.82) is 0 Å². The van der Waals surface area contributed by atoms with Crippen molar-refractivity contribution in [1.82, 2.24) is 0 Å². The van der Waals surface area contributed by atoms with Gasteiger partial charge in [0.05, 0.1) is 24.4 Å². The molecule has 170 valence electrons. The molecule has 8 heteroatoms. The van der Waals surface area contributed by atoms with Crippen molar-refractivity contribution in [3.63, 3.8) is 0 Å². The zero-order valence-corrected chi connectivity index (χ0v) is 18.0. The predicted molar refractivity (Wildman–Crippen MR) is 116 cm³/mol. The van der Waals surface area contributed by atoms with Crippen molar-refractivity contribution in [2.75, 3.05) is 40.6 Å². The van der Waals surface area contributed by atoms with E-state index in [1.54, 1.807) is 36.4 Å². The predicted octanol–water partition coefficient (Wildman–Crippen LogP) is 3.73. The number of carbonyl (C=O) groups is 2.